The molecular formula is C12H14Cl2N2O. The van der Waals surface area contributed by atoms with Crippen LogP contribution in [-0.2, 0) is 4.79 Å². The van der Waals surface area contributed by atoms with Crippen molar-refractivity contribution < 1.29 is 4.79 Å². The highest BCUT2D eigenvalue weighted by Gasteiger charge is 2.24. The minimum absolute atomic E-state index is 0.111. The second-order valence-electron chi connectivity index (χ2n) is 3.61. The molecule has 5 heteroatoms. The van der Waals surface area contributed by atoms with Crippen LogP contribution in [0.25, 0.3) is 0 Å². The van der Waals surface area contributed by atoms with E-state index in [1.54, 1.807) is 43.2 Å². The molecule has 0 bridgehead atoms. The molecule has 1 rings (SSSR count). The van der Waals surface area contributed by atoms with Gasteiger partial charge in [0.15, 0.2) is 5.78 Å². The maximum Gasteiger partial charge on any atom is 0.192 e. The van der Waals surface area contributed by atoms with Crippen molar-refractivity contribution in [2.75, 3.05) is 7.05 Å². The van der Waals surface area contributed by atoms with Crippen LogP contribution in [-0.4, -0.2) is 23.2 Å². The summed E-state index contributed by atoms with van der Waals surface area (Å²) < 4.78 is 0. The Kier molecular flexibility index (Phi) is 4.85. The Labute approximate surface area is 111 Å². The van der Waals surface area contributed by atoms with E-state index in [0.717, 1.165) is 0 Å². The van der Waals surface area contributed by atoms with Crippen molar-refractivity contribution >= 4 is 29.2 Å². The standard InChI is InChI=1S/C12H14Cl2N2O/c1-4-5-8(2)11(17)9-6-7-10(13)16(3)12(9)15-14/h4-7,10,15H,1H2,2-3H3/b8-5+. The summed E-state index contributed by atoms with van der Waals surface area (Å²) in [7, 11) is 1.76. The van der Waals surface area contributed by atoms with Gasteiger partial charge in [-0.3, -0.25) is 9.63 Å². The smallest absolute Gasteiger partial charge is 0.192 e. The van der Waals surface area contributed by atoms with E-state index in [1.165, 1.54) is 0 Å². The van der Waals surface area contributed by atoms with Crippen molar-refractivity contribution in [1.29, 1.82) is 0 Å². The zero-order valence-electron chi connectivity index (χ0n) is 9.71. The van der Waals surface area contributed by atoms with Gasteiger partial charge in [-0.25, -0.2) is 0 Å². The van der Waals surface area contributed by atoms with Crippen LogP contribution in [0.15, 0.2) is 47.9 Å². The minimum Gasteiger partial charge on any atom is -0.340 e. The Balaban J connectivity index is 3.15. The normalized spacial score (nSPS) is 20.6. The Morgan fingerprint density at radius 2 is 2.29 bits per heavy atom. The lowest BCUT2D eigenvalue weighted by Gasteiger charge is -2.29. The van der Waals surface area contributed by atoms with Crippen LogP contribution in [0.1, 0.15) is 6.92 Å². The third-order valence-electron chi connectivity index (χ3n) is 2.46. The lowest BCUT2D eigenvalue weighted by atomic mass is 10.0. The van der Waals surface area contributed by atoms with E-state index in [1.807, 2.05) is 0 Å². The van der Waals surface area contributed by atoms with Gasteiger partial charge in [-0.05, 0) is 24.6 Å². The van der Waals surface area contributed by atoms with E-state index < -0.39 is 0 Å². The predicted octanol–water partition coefficient (Wildman–Crippen LogP) is 2.71. The highest BCUT2D eigenvalue weighted by atomic mass is 35.5. The molecule has 1 N–H and O–H groups in total. The van der Waals surface area contributed by atoms with Crippen molar-refractivity contribution in [1.82, 2.24) is 9.74 Å². The number of alkyl halides is 1. The van der Waals surface area contributed by atoms with Crippen molar-refractivity contribution in [3.63, 3.8) is 0 Å². The predicted molar refractivity (Wildman–Crippen MR) is 71.5 cm³/mol. The van der Waals surface area contributed by atoms with Crippen molar-refractivity contribution in [3.05, 3.63) is 47.9 Å². The first-order valence-corrected chi connectivity index (χ1v) is 5.84. The first-order valence-electron chi connectivity index (χ1n) is 5.03. The first kappa shape index (κ1) is 13.9. The average molecular weight is 273 g/mol. The molecule has 0 radical (unpaired) electrons. The number of carbonyl (C=O) groups excluding carboxylic acids is 1. The van der Waals surface area contributed by atoms with Gasteiger partial charge in [-0.1, -0.05) is 30.3 Å². The topological polar surface area (TPSA) is 32.3 Å². The zero-order valence-corrected chi connectivity index (χ0v) is 11.2. The molecule has 0 spiro atoms. The van der Waals surface area contributed by atoms with Crippen molar-refractivity contribution in [2.24, 2.45) is 0 Å². The third-order valence-corrected chi connectivity index (χ3v) is 3.08. The van der Waals surface area contributed by atoms with Gasteiger partial charge in [0.2, 0.25) is 0 Å². The van der Waals surface area contributed by atoms with Crippen LogP contribution in [0.3, 0.4) is 0 Å². The summed E-state index contributed by atoms with van der Waals surface area (Å²) in [5.74, 6) is 0.385. The van der Waals surface area contributed by atoms with E-state index in [0.29, 0.717) is 17.0 Å². The second-order valence-corrected chi connectivity index (χ2v) is 4.25. The van der Waals surface area contributed by atoms with E-state index in [-0.39, 0.29) is 11.3 Å². The fraction of sp³-hybridized carbons (Fsp3) is 0.250. The minimum atomic E-state index is -0.323. The Morgan fingerprint density at radius 3 is 2.82 bits per heavy atom. The molecule has 1 heterocycles. The van der Waals surface area contributed by atoms with Crippen LogP contribution in [0.4, 0.5) is 0 Å². The molecule has 0 aromatic heterocycles. The fourth-order valence-corrected chi connectivity index (χ4v) is 1.87. The molecule has 3 nitrogen and oxygen atoms in total. The van der Waals surface area contributed by atoms with Gasteiger partial charge in [0.25, 0.3) is 0 Å². The van der Waals surface area contributed by atoms with Crippen LogP contribution in [0.5, 0.6) is 0 Å². The largest absolute Gasteiger partial charge is 0.340 e. The molecule has 0 aromatic rings. The maximum atomic E-state index is 12.1. The molecule has 0 fully saturated rings. The van der Waals surface area contributed by atoms with Gasteiger partial charge in [-0.2, -0.15) is 0 Å². The number of nitrogens with one attached hydrogen (secondary N) is 1. The number of halogens is 2. The van der Waals surface area contributed by atoms with Crippen LogP contribution in [0, 0.1) is 0 Å². The third kappa shape index (κ3) is 2.93. The average Bonchev–Trinajstić information content (AvgIpc) is 2.31. The fourth-order valence-electron chi connectivity index (χ4n) is 1.46. The molecule has 1 aliphatic heterocycles. The maximum absolute atomic E-state index is 12.1. The molecule has 0 saturated heterocycles. The van der Waals surface area contributed by atoms with E-state index >= 15 is 0 Å². The number of rotatable bonds is 4. The van der Waals surface area contributed by atoms with Gasteiger partial charge in [0, 0.05) is 18.8 Å². The Bertz CT molecular complexity index is 424. The number of Topliss-reactive ketones (excluding diaryl/α,β-unsaturated/α-hetero) is 1. The summed E-state index contributed by atoms with van der Waals surface area (Å²) in [4.78, 5) is 16.3. The number of hydrogen-bond donors (Lipinski definition) is 1. The van der Waals surface area contributed by atoms with Crippen LogP contribution in [0.2, 0.25) is 0 Å². The summed E-state index contributed by atoms with van der Waals surface area (Å²) >= 11 is 11.6. The van der Waals surface area contributed by atoms with Gasteiger partial charge in [-0.15, -0.1) is 0 Å². The van der Waals surface area contributed by atoms with Gasteiger partial charge >= 0.3 is 0 Å². The summed E-state index contributed by atoms with van der Waals surface area (Å²) in [5, 5.41) is 0. The molecule has 17 heavy (non-hydrogen) atoms. The van der Waals surface area contributed by atoms with Crippen LogP contribution >= 0.6 is 23.4 Å². The Hall–Kier alpha value is -1.19. The number of likely N-dealkylation sites (N-methyl/N-ethyl adjacent to an activating group) is 1. The summed E-state index contributed by atoms with van der Waals surface area (Å²) in [5.41, 5.74) is 0.747. The molecule has 0 aliphatic carbocycles. The van der Waals surface area contributed by atoms with Gasteiger partial charge < -0.3 is 4.90 Å². The summed E-state index contributed by atoms with van der Waals surface area (Å²) in [6.45, 7) is 5.28. The SMILES string of the molecule is C=C/C=C(\C)C(=O)C1=C(NCl)N(C)C(Cl)C=C1. The second kappa shape index (κ2) is 5.94. The quantitative estimate of drug-likeness (QED) is 0.281. The Morgan fingerprint density at radius 1 is 1.65 bits per heavy atom. The first-order chi connectivity index (χ1) is 8.02. The van der Waals surface area contributed by atoms with E-state index in [2.05, 4.69) is 11.4 Å². The lowest BCUT2D eigenvalue weighted by molar-refractivity contribution is -0.112. The van der Waals surface area contributed by atoms with E-state index in [9.17, 15) is 4.79 Å². The van der Waals surface area contributed by atoms with E-state index in [4.69, 9.17) is 23.4 Å². The molecule has 92 valence electrons. The van der Waals surface area contributed by atoms with Gasteiger partial charge in [0.1, 0.15) is 11.3 Å². The molecule has 1 atom stereocenters. The molecule has 1 unspecified atom stereocenters. The number of allylic oxidation sites excluding steroid dienone is 5. The number of ketones is 1. The zero-order chi connectivity index (χ0) is 13.0. The number of nitrogens with zero attached hydrogens (tertiary/aromatic N) is 1. The van der Waals surface area contributed by atoms with Crippen LogP contribution < -0.4 is 4.84 Å². The number of carbonyl (C=O) groups is 1. The monoisotopic (exact) mass is 272 g/mol. The molecule has 0 amide bonds. The summed E-state index contributed by atoms with van der Waals surface area (Å²) in [6, 6.07) is 0. The molecule has 0 aromatic carbocycles. The molecule has 0 saturated carbocycles. The number of hydrogen-bond acceptors (Lipinski definition) is 3. The molecule has 1 aliphatic rings. The van der Waals surface area contributed by atoms with Crippen molar-refractivity contribution in [3.8, 4) is 0 Å². The summed E-state index contributed by atoms with van der Waals surface area (Å²) in [6.07, 6.45) is 6.63. The van der Waals surface area contributed by atoms with Gasteiger partial charge in [0.05, 0.1) is 5.57 Å². The highest BCUT2D eigenvalue weighted by Crippen LogP contribution is 2.23. The van der Waals surface area contributed by atoms with Crippen molar-refractivity contribution in [2.45, 2.75) is 12.4 Å². The lowest BCUT2D eigenvalue weighted by Crippen LogP contribution is -2.34. The highest BCUT2D eigenvalue weighted by molar-refractivity contribution is 6.22. The molecular weight excluding hydrogens is 259 g/mol.